The van der Waals surface area contributed by atoms with Crippen molar-refractivity contribution in [2.75, 3.05) is 86.7 Å². The number of aryl methyl sites for hydroxylation is 1. The molecule has 3 saturated heterocycles. The highest BCUT2D eigenvalue weighted by Gasteiger charge is 2.30. The highest BCUT2D eigenvalue weighted by molar-refractivity contribution is 7.99. The summed E-state index contributed by atoms with van der Waals surface area (Å²) in [6.07, 6.45) is 13.0. The number of nitrogen functional groups attached to an aromatic ring is 1. The van der Waals surface area contributed by atoms with E-state index in [1.165, 1.54) is 23.9 Å². The number of anilines is 5. The van der Waals surface area contributed by atoms with E-state index in [0.717, 1.165) is 158 Å². The normalized spacial score (nSPS) is 15.7. The first-order chi connectivity index (χ1) is 42.4. The number of halogens is 3. The van der Waals surface area contributed by atoms with Crippen LogP contribution in [0.25, 0.3) is 34.2 Å². The maximum atomic E-state index is 13.9. The summed E-state index contributed by atoms with van der Waals surface area (Å²) in [5.74, 6) is 2.76. The number of nitrogens with zero attached hydrogens (tertiary/aromatic N) is 9. The van der Waals surface area contributed by atoms with Crippen molar-refractivity contribution in [3.63, 3.8) is 0 Å². The van der Waals surface area contributed by atoms with Crippen LogP contribution in [0.3, 0.4) is 0 Å². The molecule has 0 unspecified atom stereocenters. The van der Waals surface area contributed by atoms with E-state index in [4.69, 9.17) is 43.6 Å². The minimum absolute atomic E-state index is 0.0686. The Morgan fingerprint density at radius 2 is 1.53 bits per heavy atom. The van der Waals surface area contributed by atoms with Crippen molar-refractivity contribution < 1.29 is 18.7 Å². The lowest BCUT2D eigenvalue weighted by atomic mass is 10.1. The van der Waals surface area contributed by atoms with Crippen molar-refractivity contribution in [3.05, 3.63) is 166 Å². The summed E-state index contributed by atoms with van der Waals surface area (Å²) < 4.78 is 21.9. The summed E-state index contributed by atoms with van der Waals surface area (Å²) in [6, 6.07) is 32.4. The van der Waals surface area contributed by atoms with Crippen LogP contribution in [0, 0.1) is 18.7 Å². The Morgan fingerprint density at radius 1 is 0.793 bits per heavy atom. The molecule has 4 aromatic carbocycles. The van der Waals surface area contributed by atoms with Gasteiger partial charge in [0.1, 0.15) is 23.6 Å². The summed E-state index contributed by atoms with van der Waals surface area (Å²) in [5.41, 5.74) is 13.6. The van der Waals surface area contributed by atoms with Gasteiger partial charge in [-0.15, -0.1) is 0 Å². The number of carbonyl (C=O) groups excluding carboxylic acids is 2. The molecule has 9 N–H and O–H groups in total. The molecule has 4 fully saturated rings. The van der Waals surface area contributed by atoms with Gasteiger partial charge in [0.25, 0.3) is 5.91 Å². The Labute approximate surface area is 517 Å². The summed E-state index contributed by atoms with van der Waals surface area (Å²) in [5, 5.41) is 37.3. The molecule has 1 saturated carbocycles. The molecule has 4 aliphatic rings. The Balaban J connectivity index is 0.000000136. The number of pyridine rings is 1. The summed E-state index contributed by atoms with van der Waals surface area (Å²) in [7, 11) is 0. The second-order valence-corrected chi connectivity index (χ2v) is 23.4. The van der Waals surface area contributed by atoms with Crippen LogP contribution >= 0.6 is 35.0 Å². The van der Waals surface area contributed by atoms with Gasteiger partial charge in [-0.25, -0.2) is 19.3 Å². The SMILES string of the molecule is C[C@@H](Oc1cc(-c2cnn(C3CCNCC3)c2)cnc1N)c1c(Cl)ccc(F)c1Cl.Cc1cc(Nc2cc(N3CCNCC3)nc(Sc3ccc(NC(=O)C4CC4)cc3)n2)n[nH]1.O=C(c1ccc(/C=C/c2n[nH]c3ccccc23)cc1)N1CCNCC1. The van der Waals surface area contributed by atoms with Crippen molar-refractivity contribution in [3.8, 4) is 16.9 Å². The van der Waals surface area contributed by atoms with E-state index in [1.54, 1.807) is 19.2 Å². The van der Waals surface area contributed by atoms with Crippen LogP contribution in [-0.2, 0) is 4.79 Å². The zero-order valence-corrected chi connectivity index (χ0v) is 50.5. The van der Waals surface area contributed by atoms with Crippen LogP contribution in [0.1, 0.15) is 77.6 Å². The standard InChI is InChI=1S/C22H26N8OS.C21H22Cl2FN5O.C20H20N4O/c1-14-12-19(29-28-14)25-18-13-20(30-10-8-23-9-11-30)27-22(26-18)32-17-6-4-16(5-7-17)24-21(31)15-2-3-15;1-12(19-16(22)2-3-17(24)20(19)23)30-18-8-13(9-27-21(18)25)14-10-28-29(11-14)15-4-6-26-7-5-15;25-20(24-13-11-21-12-14-24)16-8-5-15(6-9-16)7-10-19-17-3-1-2-4-18(17)22-23-19/h4-7,12-13,15,23H,2-3,8-11H2,1H3,(H,24,31)(H2,25,26,27,28,29);2-3,8-12,15,26H,4-7H2,1H3,(H2,25,27);1-10,21H,11-14H2,(H,22,23)/b;;10-7+/t;12-;/m.1./s1. The number of hydrogen-bond acceptors (Lipinski definition) is 16. The van der Waals surface area contributed by atoms with Gasteiger partial charge in [-0.1, -0.05) is 59.6 Å². The van der Waals surface area contributed by atoms with Gasteiger partial charge < -0.3 is 46.9 Å². The fraction of sp³-hybridized carbons (Fsp3) is 0.302. The lowest BCUT2D eigenvalue weighted by Gasteiger charge is -2.28. The number of amides is 2. The van der Waals surface area contributed by atoms with Crippen molar-refractivity contribution in [1.29, 1.82) is 0 Å². The van der Waals surface area contributed by atoms with Gasteiger partial charge in [0.2, 0.25) is 5.91 Å². The number of H-pyrrole nitrogens is 2. The van der Waals surface area contributed by atoms with E-state index in [1.807, 2.05) is 126 Å². The summed E-state index contributed by atoms with van der Waals surface area (Å²) in [6.45, 7) is 12.6. The minimum Gasteiger partial charge on any atom is -0.482 e. The number of nitrogens with one attached hydrogen (secondary N) is 7. The fourth-order valence-electron chi connectivity index (χ4n) is 10.2. The Kier molecular flexibility index (Phi) is 19.7. The molecule has 5 aromatic heterocycles. The van der Waals surface area contributed by atoms with Crippen molar-refractivity contribution >= 4 is 98.8 Å². The second kappa shape index (κ2) is 28.4. The van der Waals surface area contributed by atoms with Crippen LogP contribution in [-0.4, -0.2) is 127 Å². The Hall–Kier alpha value is -8.38. The number of aromatic nitrogens is 9. The molecule has 1 atom stereocenters. The highest BCUT2D eigenvalue weighted by Crippen LogP contribution is 2.38. The quantitative estimate of drug-likeness (QED) is 0.0351. The number of rotatable bonds is 15. The fourth-order valence-corrected chi connectivity index (χ4v) is 11.6. The number of benzene rings is 4. The van der Waals surface area contributed by atoms with Gasteiger partial charge in [0, 0.05) is 132 Å². The third kappa shape index (κ3) is 15.8. The van der Waals surface area contributed by atoms with E-state index < -0.39 is 11.9 Å². The molecule has 450 valence electrons. The van der Waals surface area contributed by atoms with Gasteiger partial charge in [0.15, 0.2) is 22.5 Å². The zero-order valence-electron chi connectivity index (χ0n) is 48.2. The molecule has 87 heavy (non-hydrogen) atoms. The number of nitrogens with two attached hydrogens (primary N) is 1. The Bertz CT molecular complexity index is 3840. The van der Waals surface area contributed by atoms with E-state index in [-0.39, 0.29) is 28.6 Å². The smallest absolute Gasteiger partial charge is 0.253 e. The summed E-state index contributed by atoms with van der Waals surface area (Å²) >= 11 is 13.8. The first-order valence-electron chi connectivity index (χ1n) is 29.1. The highest BCUT2D eigenvalue weighted by atomic mass is 35.5. The van der Waals surface area contributed by atoms with Gasteiger partial charge in [0.05, 0.1) is 28.5 Å². The number of para-hydroxylation sites is 1. The van der Waals surface area contributed by atoms with Crippen LogP contribution in [0.15, 0.2) is 132 Å². The van der Waals surface area contributed by atoms with Crippen LogP contribution < -0.4 is 42.0 Å². The number of piperidine rings is 1. The predicted molar refractivity (Wildman–Crippen MR) is 342 cm³/mol. The number of aromatic amines is 2. The molecule has 2 amide bonds. The molecule has 9 aromatic rings. The first kappa shape index (κ1) is 60.3. The first-order valence-corrected chi connectivity index (χ1v) is 30.7. The van der Waals surface area contributed by atoms with Gasteiger partial charge in [-0.2, -0.15) is 15.3 Å². The second-order valence-electron chi connectivity index (χ2n) is 21.5. The molecule has 20 nitrogen and oxygen atoms in total. The molecule has 0 bridgehead atoms. The van der Waals surface area contributed by atoms with E-state index in [0.29, 0.717) is 33.4 Å². The molecule has 0 radical (unpaired) electrons. The summed E-state index contributed by atoms with van der Waals surface area (Å²) in [4.78, 5) is 43.4. The molecule has 24 heteroatoms. The zero-order chi connectivity index (χ0) is 60.2. The van der Waals surface area contributed by atoms with Gasteiger partial charge in [-0.3, -0.25) is 24.5 Å². The Morgan fingerprint density at radius 3 is 2.26 bits per heavy atom. The maximum Gasteiger partial charge on any atom is 0.253 e. The largest absolute Gasteiger partial charge is 0.482 e. The molecule has 8 heterocycles. The van der Waals surface area contributed by atoms with E-state index in [9.17, 15) is 14.0 Å². The van der Waals surface area contributed by atoms with Crippen LogP contribution in [0.5, 0.6) is 5.75 Å². The number of hydrogen-bond donors (Lipinski definition) is 8. The lowest BCUT2D eigenvalue weighted by molar-refractivity contribution is -0.117. The maximum absolute atomic E-state index is 13.9. The van der Waals surface area contributed by atoms with Crippen LogP contribution in [0.2, 0.25) is 10.0 Å². The number of fused-ring (bicyclic) bond motifs is 1. The van der Waals surface area contributed by atoms with Gasteiger partial charge >= 0.3 is 0 Å². The molecule has 0 spiro atoms. The van der Waals surface area contributed by atoms with E-state index >= 15 is 0 Å². The minimum atomic E-state index is -0.627. The number of piperazine rings is 2. The third-order valence-electron chi connectivity index (χ3n) is 15.2. The van der Waals surface area contributed by atoms with Gasteiger partial charge in [-0.05, 0) is 137 Å². The molecule has 1 aliphatic carbocycles. The number of carbonyl (C=O) groups is 2. The van der Waals surface area contributed by atoms with Crippen molar-refractivity contribution in [2.45, 2.75) is 61.7 Å². The monoisotopic (exact) mass is 1230 g/mol. The molecular formula is C63H68Cl2FN17O3S. The van der Waals surface area contributed by atoms with Crippen LogP contribution in [0.4, 0.5) is 33.3 Å². The topological polar surface area (TPSA) is 250 Å². The van der Waals surface area contributed by atoms with Crippen molar-refractivity contribution in [1.82, 2.24) is 66.0 Å². The average Bonchev–Trinajstić information content (AvgIpc) is 4.17. The predicted octanol–water partition coefficient (Wildman–Crippen LogP) is 11.0. The molecule has 13 rings (SSSR count). The average molecular weight is 1230 g/mol. The van der Waals surface area contributed by atoms with Crippen molar-refractivity contribution in [2.24, 2.45) is 5.92 Å². The molecule has 3 aliphatic heterocycles. The third-order valence-corrected chi connectivity index (χ3v) is 16.7. The van der Waals surface area contributed by atoms with E-state index in [2.05, 4.69) is 62.0 Å². The number of ether oxygens (including phenoxy) is 1. The lowest BCUT2D eigenvalue weighted by Crippen LogP contribution is -2.46. The molecular weight excluding hydrogens is 1160 g/mol.